The first kappa shape index (κ1) is 15.0. The van der Waals surface area contributed by atoms with Gasteiger partial charge in [-0.3, -0.25) is 0 Å². The van der Waals surface area contributed by atoms with Gasteiger partial charge < -0.3 is 19.5 Å². The predicted molar refractivity (Wildman–Crippen MR) is 79.5 cm³/mol. The number of rotatable bonds is 5. The molecule has 0 aliphatic carbocycles. The maximum atomic E-state index is 5.91. The zero-order valence-electron chi connectivity index (χ0n) is 13.1. The van der Waals surface area contributed by atoms with Crippen LogP contribution in [0.2, 0.25) is 0 Å². The van der Waals surface area contributed by atoms with E-state index in [-0.39, 0.29) is 12.3 Å². The highest BCUT2D eigenvalue weighted by molar-refractivity contribution is 5.51. The Balaban J connectivity index is 2.18. The minimum atomic E-state index is 0.0612. The van der Waals surface area contributed by atoms with Crippen LogP contribution in [0.4, 0.5) is 0 Å². The average molecular weight is 279 g/mol. The number of fused-ring (bicyclic) bond motifs is 1. The molecule has 1 N–H and O–H groups in total. The van der Waals surface area contributed by atoms with E-state index in [9.17, 15) is 0 Å². The minimum absolute atomic E-state index is 0.0612. The van der Waals surface area contributed by atoms with Gasteiger partial charge in [-0.25, -0.2) is 0 Å². The van der Waals surface area contributed by atoms with Crippen LogP contribution in [-0.4, -0.2) is 18.9 Å². The standard InChI is InChI=1S/C16H25NO3/c1-11(2)9-18-13-7-15-14(19-10-20-15)6-12(13)8-17-16(3,4)5/h6-7,11,17H,8-10H2,1-5H3. The molecule has 1 aromatic carbocycles. The third-order valence-corrected chi connectivity index (χ3v) is 2.94. The van der Waals surface area contributed by atoms with Crippen LogP contribution in [0.15, 0.2) is 12.1 Å². The molecule has 0 amide bonds. The fraction of sp³-hybridized carbons (Fsp3) is 0.625. The molecule has 0 atom stereocenters. The van der Waals surface area contributed by atoms with Crippen molar-refractivity contribution in [1.82, 2.24) is 5.32 Å². The third-order valence-electron chi connectivity index (χ3n) is 2.94. The van der Waals surface area contributed by atoms with Crippen molar-refractivity contribution in [3.05, 3.63) is 17.7 Å². The Kier molecular flexibility index (Phi) is 4.43. The zero-order valence-corrected chi connectivity index (χ0v) is 13.1. The van der Waals surface area contributed by atoms with E-state index >= 15 is 0 Å². The maximum absolute atomic E-state index is 5.91. The molecule has 2 rings (SSSR count). The van der Waals surface area contributed by atoms with Gasteiger partial charge in [0.1, 0.15) is 5.75 Å². The molecule has 0 bridgehead atoms. The van der Waals surface area contributed by atoms with Gasteiger partial charge in [0.25, 0.3) is 0 Å². The maximum Gasteiger partial charge on any atom is 0.231 e. The fourth-order valence-electron chi connectivity index (χ4n) is 1.85. The number of ether oxygens (including phenoxy) is 3. The molecule has 0 unspecified atom stereocenters. The summed E-state index contributed by atoms with van der Waals surface area (Å²) in [5, 5.41) is 3.48. The summed E-state index contributed by atoms with van der Waals surface area (Å²) in [6.45, 7) is 12.4. The summed E-state index contributed by atoms with van der Waals surface area (Å²) in [6.07, 6.45) is 0. The lowest BCUT2D eigenvalue weighted by Gasteiger charge is -2.22. The van der Waals surface area contributed by atoms with Crippen LogP contribution in [0.5, 0.6) is 17.2 Å². The number of nitrogens with one attached hydrogen (secondary N) is 1. The summed E-state index contributed by atoms with van der Waals surface area (Å²) in [4.78, 5) is 0. The lowest BCUT2D eigenvalue weighted by Crippen LogP contribution is -2.35. The first-order valence-electron chi connectivity index (χ1n) is 7.15. The summed E-state index contributed by atoms with van der Waals surface area (Å²) < 4.78 is 16.8. The van der Waals surface area contributed by atoms with Gasteiger partial charge in [0.05, 0.1) is 6.61 Å². The summed E-state index contributed by atoms with van der Waals surface area (Å²) in [5.74, 6) is 2.93. The number of hydrogen-bond acceptors (Lipinski definition) is 4. The van der Waals surface area contributed by atoms with Gasteiger partial charge in [-0.05, 0) is 32.8 Å². The second kappa shape index (κ2) is 5.92. The molecule has 0 saturated heterocycles. The molecule has 1 aliphatic rings. The van der Waals surface area contributed by atoms with Crippen LogP contribution >= 0.6 is 0 Å². The highest BCUT2D eigenvalue weighted by atomic mass is 16.7. The third kappa shape index (κ3) is 4.04. The SMILES string of the molecule is CC(C)COc1cc2c(cc1CNC(C)(C)C)OCO2. The Morgan fingerprint density at radius 3 is 2.45 bits per heavy atom. The Morgan fingerprint density at radius 1 is 1.20 bits per heavy atom. The van der Waals surface area contributed by atoms with Gasteiger partial charge in [0.15, 0.2) is 11.5 Å². The van der Waals surface area contributed by atoms with Crippen LogP contribution in [0, 0.1) is 5.92 Å². The molecule has 0 saturated carbocycles. The van der Waals surface area contributed by atoms with E-state index in [1.807, 2.05) is 12.1 Å². The van der Waals surface area contributed by atoms with E-state index in [0.717, 1.165) is 29.4 Å². The van der Waals surface area contributed by atoms with E-state index in [0.29, 0.717) is 12.5 Å². The summed E-state index contributed by atoms with van der Waals surface area (Å²) >= 11 is 0. The predicted octanol–water partition coefficient (Wildman–Crippen LogP) is 3.34. The monoisotopic (exact) mass is 279 g/mol. The van der Waals surface area contributed by atoms with Crippen molar-refractivity contribution in [2.75, 3.05) is 13.4 Å². The van der Waals surface area contributed by atoms with E-state index in [2.05, 4.69) is 39.9 Å². The molecule has 1 aromatic rings. The van der Waals surface area contributed by atoms with E-state index in [1.165, 1.54) is 0 Å². The van der Waals surface area contributed by atoms with Gasteiger partial charge in [-0.15, -0.1) is 0 Å². The first-order chi connectivity index (χ1) is 9.35. The minimum Gasteiger partial charge on any atom is -0.493 e. The molecule has 1 heterocycles. The molecule has 4 nitrogen and oxygen atoms in total. The highest BCUT2D eigenvalue weighted by Crippen LogP contribution is 2.38. The van der Waals surface area contributed by atoms with Gasteiger partial charge in [0, 0.05) is 23.7 Å². The number of benzene rings is 1. The van der Waals surface area contributed by atoms with Crippen LogP contribution in [0.25, 0.3) is 0 Å². The lowest BCUT2D eigenvalue weighted by molar-refractivity contribution is 0.173. The molecule has 4 heteroatoms. The first-order valence-corrected chi connectivity index (χ1v) is 7.15. The van der Waals surface area contributed by atoms with E-state index in [1.54, 1.807) is 0 Å². The van der Waals surface area contributed by atoms with Crippen LogP contribution in [0.3, 0.4) is 0 Å². The van der Waals surface area contributed by atoms with Crippen molar-refractivity contribution >= 4 is 0 Å². The second-order valence-electron chi connectivity index (χ2n) is 6.62. The Morgan fingerprint density at radius 2 is 1.85 bits per heavy atom. The van der Waals surface area contributed by atoms with E-state index < -0.39 is 0 Å². The van der Waals surface area contributed by atoms with Crippen molar-refractivity contribution < 1.29 is 14.2 Å². The Labute approximate surface area is 121 Å². The average Bonchev–Trinajstić information content (AvgIpc) is 2.79. The molecule has 0 radical (unpaired) electrons. The number of hydrogen-bond donors (Lipinski definition) is 1. The topological polar surface area (TPSA) is 39.7 Å². The van der Waals surface area contributed by atoms with Crippen LogP contribution < -0.4 is 19.5 Å². The van der Waals surface area contributed by atoms with Crippen molar-refractivity contribution in [3.63, 3.8) is 0 Å². The molecule has 112 valence electrons. The Hall–Kier alpha value is -1.42. The molecule has 0 spiro atoms. The summed E-state index contributed by atoms with van der Waals surface area (Å²) in [7, 11) is 0. The second-order valence-corrected chi connectivity index (χ2v) is 6.62. The molecule has 1 aliphatic heterocycles. The van der Waals surface area contributed by atoms with Crippen molar-refractivity contribution in [2.45, 2.75) is 46.7 Å². The quantitative estimate of drug-likeness (QED) is 0.897. The van der Waals surface area contributed by atoms with Gasteiger partial charge >= 0.3 is 0 Å². The van der Waals surface area contributed by atoms with Gasteiger partial charge in [0.2, 0.25) is 6.79 Å². The van der Waals surface area contributed by atoms with Crippen LogP contribution in [0.1, 0.15) is 40.2 Å². The largest absolute Gasteiger partial charge is 0.493 e. The molecular formula is C16H25NO3. The summed E-state index contributed by atoms with van der Waals surface area (Å²) in [6, 6.07) is 3.95. The van der Waals surface area contributed by atoms with Crippen molar-refractivity contribution in [3.8, 4) is 17.2 Å². The fourth-order valence-corrected chi connectivity index (χ4v) is 1.85. The molecule has 20 heavy (non-hydrogen) atoms. The highest BCUT2D eigenvalue weighted by Gasteiger charge is 2.19. The molecule has 0 aromatic heterocycles. The zero-order chi connectivity index (χ0) is 14.8. The van der Waals surface area contributed by atoms with Crippen molar-refractivity contribution in [2.24, 2.45) is 5.92 Å². The summed E-state index contributed by atoms with van der Waals surface area (Å²) in [5.41, 5.74) is 1.16. The lowest BCUT2D eigenvalue weighted by atomic mass is 10.1. The molecular weight excluding hydrogens is 254 g/mol. The van der Waals surface area contributed by atoms with Crippen LogP contribution in [-0.2, 0) is 6.54 Å². The van der Waals surface area contributed by atoms with E-state index in [4.69, 9.17) is 14.2 Å². The van der Waals surface area contributed by atoms with Crippen molar-refractivity contribution in [1.29, 1.82) is 0 Å². The van der Waals surface area contributed by atoms with Gasteiger partial charge in [-0.1, -0.05) is 13.8 Å². The molecule has 0 fully saturated rings. The smallest absolute Gasteiger partial charge is 0.231 e. The normalized spacial score (nSPS) is 13.9. The van der Waals surface area contributed by atoms with Gasteiger partial charge in [-0.2, -0.15) is 0 Å². The Bertz CT molecular complexity index is 464.